The van der Waals surface area contributed by atoms with E-state index in [-0.39, 0.29) is 53.0 Å². The van der Waals surface area contributed by atoms with Crippen LogP contribution >= 0.6 is 0 Å². The van der Waals surface area contributed by atoms with Crippen LogP contribution in [-0.4, -0.2) is 96.0 Å². The Morgan fingerprint density at radius 3 is 1.85 bits per heavy atom. The van der Waals surface area contributed by atoms with Gasteiger partial charge in [0.15, 0.2) is 0 Å². The standard InChI is InChI=1S/C35H51F2N5O5/c1-8-11-14-42(39-32(44)23(4)5)22-31(43)30(17-24-15-28(36)21-29(37)16-24)38-33(45)25-18-26(34(46)40(6)7)20-27(19-25)35(47)41(12-9-2)13-10-3/h15-16,18-21,23,30-31,43H,8-14,17,22H2,1-7H3,(H,38,45)(H,39,44). The molecule has 2 rings (SSSR count). The van der Waals surface area contributed by atoms with Gasteiger partial charge in [-0.15, -0.1) is 0 Å². The number of nitrogens with one attached hydrogen (secondary N) is 2. The van der Waals surface area contributed by atoms with Crippen LogP contribution in [0.2, 0.25) is 0 Å². The predicted octanol–water partition coefficient (Wildman–Crippen LogP) is 4.42. The molecule has 0 saturated carbocycles. The molecule has 0 heterocycles. The first-order valence-electron chi connectivity index (χ1n) is 16.4. The van der Waals surface area contributed by atoms with E-state index < -0.39 is 35.6 Å². The van der Waals surface area contributed by atoms with E-state index in [2.05, 4.69) is 10.7 Å². The number of hydrazine groups is 1. The van der Waals surface area contributed by atoms with Gasteiger partial charge in [0.25, 0.3) is 17.7 Å². The second-order valence-corrected chi connectivity index (χ2v) is 12.4. The van der Waals surface area contributed by atoms with Crippen LogP contribution < -0.4 is 10.7 Å². The maximum atomic E-state index is 14.1. The summed E-state index contributed by atoms with van der Waals surface area (Å²) in [6.45, 7) is 10.7. The summed E-state index contributed by atoms with van der Waals surface area (Å²) in [6, 6.07) is 6.14. The van der Waals surface area contributed by atoms with Crippen molar-refractivity contribution in [2.45, 2.75) is 78.9 Å². The third-order valence-electron chi connectivity index (χ3n) is 7.51. The van der Waals surface area contributed by atoms with Gasteiger partial charge in [0.2, 0.25) is 5.91 Å². The highest BCUT2D eigenvalue weighted by Gasteiger charge is 2.28. The monoisotopic (exact) mass is 659 g/mol. The zero-order chi connectivity index (χ0) is 35.3. The summed E-state index contributed by atoms with van der Waals surface area (Å²) >= 11 is 0. The highest BCUT2D eigenvalue weighted by atomic mass is 19.1. The molecule has 4 amide bonds. The summed E-state index contributed by atoms with van der Waals surface area (Å²) in [7, 11) is 3.12. The molecule has 12 heteroatoms. The van der Waals surface area contributed by atoms with Gasteiger partial charge in [0.05, 0.1) is 12.1 Å². The predicted molar refractivity (Wildman–Crippen MR) is 178 cm³/mol. The van der Waals surface area contributed by atoms with Crippen LogP contribution in [0.1, 0.15) is 96.9 Å². The number of carbonyl (C=O) groups is 4. The molecule has 0 bridgehead atoms. The van der Waals surface area contributed by atoms with E-state index in [0.717, 1.165) is 37.5 Å². The summed E-state index contributed by atoms with van der Waals surface area (Å²) in [5, 5.41) is 15.8. The lowest BCUT2D eigenvalue weighted by Gasteiger charge is -2.31. The van der Waals surface area contributed by atoms with Crippen LogP contribution in [0, 0.1) is 17.6 Å². The summed E-state index contributed by atoms with van der Waals surface area (Å²) in [4.78, 5) is 55.9. The lowest BCUT2D eigenvalue weighted by Crippen LogP contribution is -2.54. The van der Waals surface area contributed by atoms with Crippen molar-refractivity contribution in [2.24, 2.45) is 5.92 Å². The third kappa shape index (κ3) is 12.3. The maximum Gasteiger partial charge on any atom is 0.253 e. The van der Waals surface area contributed by atoms with Gasteiger partial charge in [-0.2, -0.15) is 0 Å². The van der Waals surface area contributed by atoms with Crippen molar-refractivity contribution >= 4 is 23.6 Å². The van der Waals surface area contributed by atoms with Gasteiger partial charge in [-0.3, -0.25) is 24.6 Å². The molecule has 0 aliphatic carbocycles. The number of carbonyl (C=O) groups excluding carboxylic acids is 4. The van der Waals surface area contributed by atoms with Crippen LogP contribution in [0.15, 0.2) is 36.4 Å². The molecule has 0 fully saturated rings. The molecule has 0 radical (unpaired) electrons. The van der Waals surface area contributed by atoms with E-state index in [9.17, 15) is 33.1 Å². The van der Waals surface area contributed by atoms with Crippen molar-refractivity contribution in [1.29, 1.82) is 0 Å². The van der Waals surface area contributed by atoms with Gasteiger partial charge in [0.1, 0.15) is 11.6 Å². The van der Waals surface area contributed by atoms with Crippen LogP contribution in [0.5, 0.6) is 0 Å². The van der Waals surface area contributed by atoms with Crippen LogP contribution in [-0.2, 0) is 11.2 Å². The smallest absolute Gasteiger partial charge is 0.253 e. The Balaban J connectivity index is 2.54. The zero-order valence-corrected chi connectivity index (χ0v) is 28.7. The van der Waals surface area contributed by atoms with Crippen molar-refractivity contribution in [3.05, 3.63) is 70.3 Å². The van der Waals surface area contributed by atoms with Crippen LogP contribution in [0.4, 0.5) is 8.78 Å². The Bertz CT molecular complexity index is 1340. The van der Waals surface area contributed by atoms with Crippen molar-refractivity contribution in [3.63, 3.8) is 0 Å². The fourth-order valence-electron chi connectivity index (χ4n) is 5.00. The van der Waals surface area contributed by atoms with E-state index in [4.69, 9.17) is 0 Å². The van der Waals surface area contributed by atoms with Gasteiger partial charge in [-0.1, -0.05) is 41.0 Å². The molecule has 10 nitrogen and oxygen atoms in total. The zero-order valence-electron chi connectivity index (χ0n) is 28.7. The molecular formula is C35H51F2N5O5. The van der Waals surface area contributed by atoms with E-state index in [1.165, 1.54) is 23.1 Å². The molecule has 2 atom stereocenters. The van der Waals surface area contributed by atoms with Crippen molar-refractivity contribution in [2.75, 3.05) is 40.3 Å². The first-order valence-corrected chi connectivity index (χ1v) is 16.4. The number of nitrogens with zero attached hydrogens (tertiary/aromatic N) is 3. The average Bonchev–Trinajstić information content (AvgIpc) is 3.01. The number of rotatable bonds is 18. The van der Waals surface area contributed by atoms with Crippen molar-refractivity contribution in [1.82, 2.24) is 25.6 Å². The Morgan fingerprint density at radius 1 is 0.787 bits per heavy atom. The first kappa shape index (κ1) is 39.3. The van der Waals surface area contributed by atoms with Crippen LogP contribution in [0.25, 0.3) is 0 Å². The van der Waals surface area contributed by atoms with Crippen molar-refractivity contribution < 1.29 is 33.1 Å². The summed E-state index contributed by atoms with van der Waals surface area (Å²) < 4.78 is 28.3. The fourth-order valence-corrected chi connectivity index (χ4v) is 5.00. The summed E-state index contributed by atoms with van der Waals surface area (Å²) in [6.07, 6.45) is 1.54. The number of aliphatic hydroxyl groups excluding tert-OH is 1. The molecule has 3 N–H and O–H groups in total. The van der Waals surface area contributed by atoms with E-state index in [1.807, 2.05) is 20.8 Å². The number of amides is 4. The third-order valence-corrected chi connectivity index (χ3v) is 7.51. The lowest BCUT2D eigenvalue weighted by molar-refractivity contribution is -0.129. The first-order chi connectivity index (χ1) is 22.2. The second kappa shape index (κ2) is 19.0. The van der Waals surface area contributed by atoms with Gasteiger partial charge in [0, 0.05) is 68.9 Å². The van der Waals surface area contributed by atoms with Gasteiger partial charge in [-0.05, 0) is 61.6 Å². The number of benzene rings is 2. The number of halogens is 2. The minimum absolute atomic E-state index is 0.00701. The molecule has 260 valence electrons. The van der Waals surface area contributed by atoms with E-state index in [1.54, 1.807) is 37.9 Å². The molecule has 0 aliphatic rings. The highest BCUT2D eigenvalue weighted by Crippen LogP contribution is 2.18. The minimum atomic E-state index is -1.30. The normalized spacial score (nSPS) is 12.5. The highest BCUT2D eigenvalue weighted by molar-refractivity contribution is 6.04. The molecule has 2 aromatic carbocycles. The largest absolute Gasteiger partial charge is 0.390 e. The molecule has 0 spiro atoms. The van der Waals surface area contributed by atoms with Gasteiger partial charge in [-0.25, -0.2) is 13.8 Å². The number of hydrogen-bond acceptors (Lipinski definition) is 6. The minimum Gasteiger partial charge on any atom is -0.390 e. The SMILES string of the molecule is CCCCN(CC(O)C(Cc1cc(F)cc(F)c1)NC(=O)c1cc(C(=O)N(C)C)cc(C(=O)N(CCC)CCC)c1)NC(=O)C(C)C. The average molecular weight is 660 g/mol. The Kier molecular flexibility index (Phi) is 15.9. The molecule has 0 aromatic heterocycles. The Hall–Kier alpha value is -3.90. The molecule has 2 unspecified atom stereocenters. The summed E-state index contributed by atoms with van der Waals surface area (Å²) in [5.74, 6) is -3.62. The molecular weight excluding hydrogens is 608 g/mol. The Morgan fingerprint density at radius 2 is 1.34 bits per heavy atom. The van der Waals surface area contributed by atoms with Crippen LogP contribution in [0.3, 0.4) is 0 Å². The molecule has 0 aliphatic heterocycles. The molecule has 0 saturated heterocycles. The molecule has 2 aromatic rings. The fraction of sp³-hybridized carbons (Fsp3) is 0.543. The number of unbranched alkanes of at least 4 members (excludes halogenated alkanes) is 1. The van der Waals surface area contributed by atoms with Gasteiger partial charge < -0.3 is 20.2 Å². The van der Waals surface area contributed by atoms with E-state index >= 15 is 0 Å². The Labute approximate surface area is 277 Å². The topological polar surface area (TPSA) is 122 Å². The van der Waals surface area contributed by atoms with Gasteiger partial charge >= 0.3 is 0 Å². The van der Waals surface area contributed by atoms with Crippen molar-refractivity contribution in [3.8, 4) is 0 Å². The quantitative estimate of drug-likeness (QED) is 0.204. The number of aliphatic hydroxyl groups is 1. The second-order valence-electron chi connectivity index (χ2n) is 12.4. The molecule has 47 heavy (non-hydrogen) atoms. The number of hydrogen-bond donors (Lipinski definition) is 3. The van der Waals surface area contributed by atoms with E-state index in [0.29, 0.717) is 26.1 Å². The maximum absolute atomic E-state index is 14.1. The lowest BCUT2D eigenvalue weighted by atomic mass is 9.98. The summed E-state index contributed by atoms with van der Waals surface area (Å²) in [5.41, 5.74) is 3.30.